The number of hydrogen-bond acceptors (Lipinski definition) is 3. The van der Waals surface area contributed by atoms with Gasteiger partial charge in [0.25, 0.3) is 5.56 Å². The summed E-state index contributed by atoms with van der Waals surface area (Å²) in [5.74, 6) is 0. The molecule has 3 rings (SSSR count). The molecule has 3 aromatic rings. The van der Waals surface area contributed by atoms with Crippen molar-refractivity contribution in [3.8, 4) is 0 Å². The summed E-state index contributed by atoms with van der Waals surface area (Å²) in [5.41, 5.74) is 8.53. The van der Waals surface area contributed by atoms with Gasteiger partial charge in [-0.05, 0) is 29.8 Å². The first-order valence-corrected chi connectivity index (χ1v) is 6.51. The highest BCUT2D eigenvalue weighted by atomic mass is 35.5. The maximum absolute atomic E-state index is 12.0. The molecule has 0 aliphatic carbocycles. The Bertz CT molecular complexity index is 842. The maximum atomic E-state index is 12.0. The van der Waals surface area contributed by atoms with Gasteiger partial charge in [0.1, 0.15) is 0 Å². The Morgan fingerprint density at radius 2 is 2.00 bits per heavy atom. The molecular formula is C15H12ClN3O. The lowest BCUT2D eigenvalue weighted by molar-refractivity contribution is 0.787. The molecule has 0 unspecified atom stereocenters. The zero-order valence-corrected chi connectivity index (χ0v) is 11.3. The van der Waals surface area contributed by atoms with E-state index in [2.05, 4.69) is 4.98 Å². The van der Waals surface area contributed by atoms with Crippen molar-refractivity contribution in [1.82, 2.24) is 9.55 Å². The average molecular weight is 286 g/mol. The van der Waals surface area contributed by atoms with Gasteiger partial charge in [-0.25, -0.2) is 4.98 Å². The Morgan fingerprint density at radius 1 is 1.20 bits per heavy atom. The molecule has 0 aliphatic heterocycles. The normalized spacial score (nSPS) is 10.8. The first kappa shape index (κ1) is 12.7. The Morgan fingerprint density at radius 3 is 2.80 bits per heavy atom. The van der Waals surface area contributed by atoms with Crippen LogP contribution < -0.4 is 11.3 Å². The minimum Gasteiger partial charge on any atom is -0.399 e. The predicted molar refractivity (Wildman–Crippen MR) is 81.0 cm³/mol. The Hall–Kier alpha value is -2.33. The minimum atomic E-state index is -0.156. The summed E-state index contributed by atoms with van der Waals surface area (Å²) in [4.78, 5) is 16.2. The van der Waals surface area contributed by atoms with Crippen LogP contribution in [0.15, 0.2) is 53.5 Å². The lowest BCUT2D eigenvalue weighted by atomic mass is 10.2. The maximum Gasteiger partial charge on any atom is 0.269 e. The van der Waals surface area contributed by atoms with Crippen LogP contribution in [0.1, 0.15) is 5.56 Å². The van der Waals surface area contributed by atoms with E-state index in [-0.39, 0.29) is 5.56 Å². The number of fused-ring (bicyclic) bond motifs is 1. The van der Waals surface area contributed by atoms with Crippen molar-refractivity contribution < 1.29 is 0 Å². The van der Waals surface area contributed by atoms with Crippen molar-refractivity contribution in [2.45, 2.75) is 6.54 Å². The van der Waals surface area contributed by atoms with Crippen LogP contribution in [0.3, 0.4) is 0 Å². The molecule has 0 amide bonds. The summed E-state index contributed by atoms with van der Waals surface area (Å²) in [7, 11) is 0. The molecule has 0 radical (unpaired) electrons. The molecule has 0 atom stereocenters. The van der Waals surface area contributed by atoms with Crippen molar-refractivity contribution in [1.29, 1.82) is 0 Å². The predicted octanol–water partition coefficient (Wildman–Crippen LogP) is 2.68. The first-order chi connectivity index (χ1) is 9.65. The Labute approximate surface area is 120 Å². The van der Waals surface area contributed by atoms with Crippen molar-refractivity contribution in [2.75, 3.05) is 5.73 Å². The molecule has 0 spiro atoms. The van der Waals surface area contributed by atoms with Crippen LogP contribution in [0.2, 0.25) is 5.02 Å². The molecule has 1 heterocycles. The van der Waals surface area contributed by atoms with Gasteiger partial charge < -0.3 is 10.3 Å². The highest BCUT2D eigenvalue weighted by Crippen LogP contribution is 2.20. The number of hydrogen-bond donors (Lipinski definition) is 1. The van der Waals surface area contributed by atoms with Gasteiger partial charge in [0.15, 0.2) is 0 Å². The summed E-state index contributed by atoms with van der Waals surface area (Å²) >= 11 is 6.17. The second-order valence-corrected chi connectivity index (χ2v) is 4.93. The highest BCUT2D eigenvalue weighted by Gasteiger charge is 2.07. The number of nitrogen functional groups attached to an aromatic ring is 1. The van der Waals surface area contributed by atoms with E-state index in [1.807, 2.05) is 30.3 Å². The molecule has 4 nitrogen and oxygen atoms in total. The second-order valence-electron chi connectivity index (χ2n) is 4.52. The summed E-state index contributed by atoms with van der Waals surface area (Å²) in [6.07, 6.45) is 1.33. The van der Waals surface area contributed by atoms with Gasteiger partial charge in [-0.15, -0.1) is 0 Å². The molecule has 20 heavy (non-hydrogen) atoms. The Kier molecular flexibility index (Phi) is 3.16. The van der Waals surface area contributed by atoms with E-state index in [9.17, 15) is 4.79 Å². The van der Waals surface area contributed by atoms with Crippen LogP contribution in [0.25, 0.3) is 11.0 Å². The van der Waals surface area contributed by atoms with E-state index >= 15 is 0 Å². The summed E-state index contributed by atoms with van der Waals surface area (Å²) in [6.45, 7) is 0.390. The molecule has 2 aromatic carbocycles. The number of halogens is 1. The number of rotatable bonds is 2. The summed E-state index contributed by atoms with van der Waals surface area (Å²) < 4.78 is 1.65. The van der Waals surface area contributed by atoms with E-state index in [0.717, 1.165) is 16.6 Å². The van der Waals surface area contributed by atoms with Gasteiger partial charge in [-0.3, -0.25) is 4.79 Å². The molecular weight excluding hydrogens is 274 g/mol. The number of benzene rings is 2. The average Bonchev–Trinajstić information content (AvgIpc) is 2.44. The third-order valence-corrected chi connectivity index (χ3v) is 3.51. The number of nitrogens with zero attached hydrogens (tertiary/aromatic N) is 2. The van der Waals surface area contributed by atoms with Gasteiger partial charge in [-0.2, -0.15) is 0 Å². The van der Waals surface area contributed by atoms with Crippen LogP contribution >= 0.6 is 11.6 Å². The van der Waals surface area contributed by atoms with Crippen LogP contribution in [0.5, 0.6) is 0 Å². The first-order valence-electron chi connectivity index (χ1n) is 6.13. The van der Waals surface area contributed by atoms with Crippen molar-refractivity contribution in [3.63, 3.8) is 0 Å². The van der Waals surface area contributed by atoms with E-state index in [1.165, 1.54) is 6.20 Å². The number of para-hydroxylation sites is 2. The molecule has 100 valence electrons. The molecule has 1 aromatic heterocycles. The summed E-state index contributed by atoms with van der Waals surface area (Å²) in [6, 6.07) is 12.8. The van der Waals surface area contributed by atoms with Gasteiger partial charge in [0.2, 0.25) is 0 Å². The quantitative estimate of drug-likeness (QED) is 0.737. The number of anilines is 1. The lowest BCUT2D eigenvalue weighted by Crippen LogP contribution is -2.21. The topological polar surface area (TPSA) is 60.9 Å². The number of nitrogens with two attached hydrogens (primary N) is 1. The third-order valence-electron chi connectivity index (χ3n) is 3.16. The SMILES string of the molecule is Nc1ccc(Cn2c(=O)cnc3ccccc32)c(Cl)c1. The van der Waals surface area contributed by atoms with E-state index in [1.54, 1.807) is 16.7 Å². The fourth-order valence-corrected chi connectivity index (χ4v) is 2.39. The molecule has 2 N–H and O–H groups in total. The van der Waals surface area contributed by atoms with Crippen molar-refractivity contribution in [3.05, 3.63) is 69.6 Å². The van der Waals surface area contributed by atoms with Crippen LogP contribution in [0, 0.1) is 0 Å². The van der Waals surface area contributed by atoms with Crippen molar-refractivity contribution in [2.24, 2.45) is 0 Å². The largest absolute Gasteiger partial charge is 0.399 e. The van der Waals surface area contributed by atoms with Gasteiger partial charge in [0.05, 0.1) is 23.8 Å². The van der Waals surface area contributed by atoms with Crippen LogP contribution in [0.4, 0.5) is 5.69 Å². The van der Waals surface area contributed by atoms with Crippen molar-refractivity contribution >= 4 is 28.3 Å². The lowest BCUT2D eigenvalue weighted by Gasteiger charge is -2.11. The van der Waals surface area contributed by atoms with E-state index in [0.29, 0.717) is 17.3 Å². The van der Waals surface area contributed by atoms with Gasteiger partial charge >= 0.3 is 0 Å². The third kappa shape index (κ3) is 2.26. The van der Waals surface area contributed by atoms with Gasteiger partial charge in [-0.1, -0.05) is 29.8 Å². The van der Waals surface area contributed by atoms with Crippen LogP contribution in [-0.4, -0.2) is 9.55 Å². The standard InChI is InChI=1S/C15H12ClN3O/c16-12-7-11(17)6-5-10(12)9-19-14-4-2-1-3-13(14)18-8-15(19)20/h1-8H,9,17H2. The molecule has 5 heteroatoms. The zero-order valence-electron chi connectivity index (χ0n) is 10.6. The summed E-state index contributed by atoms with van der Waals surface area (Å²) in [5, 5.41) is 0.554. The molecule has 0 saturated carbocycles. The second kappa shape index (κ2) is 4.98. The molecule has 0 bridgehead atoms. The monoisotopic (exact) mass is 285 g/mol. The van der Waals surface area contributed by atoms with E-state index < -0.39 is 0 Å². The smallest absolute Gasteiger partial charge is 0.269 e. The fourth-order valence-electron chi connectivity index (χ4n) is 2.14. The van der Waals surface area contributed by atoms with Crippen LogP contribution in [-0.2, 0) is 6.54 Å². The molecule has 0 aliphatic rings. The highest BCUT2D eigenvalue weighted by molar-refractivity contribution is 6.31. The number of aromatic nitrogens is 2. The van der Waals surface area contributed by atoms with Gasteiger partial charge in [0, 0.05) is 10.7 Å². The molecule has 0 fully saturated rings. The fraction of sp³-hybridized carbons (Fsp3) is 0.0667. The molecule has 0 saturated heterocycles. The van der Waals surface area contributed by atoms with E-state index in [4.69, 9.17) is 17.3 Å². The zero-order chi connectivity index (χ0) is 14.1. The Balaban J connectivity index is 2.15. The minimum absolute atomic E-state index is 0.156.